The highest BCUT2D eigenvalue weighted by Crippen LogP contribution is 2.33. The lowest BCUT2D eigenvalue weighted by Gasteiger charge is -2.10. The number of aliphatic hydroxyl groups excluding tert-OH is 1. The van der Waals surface area contributed by atoms with E-state index in [0.717, 1.165) is 21.0 Å². The topological polar surface area (TPSA) is 33.4 Å². The summed E-state index contributed by atoms with van der Waals surface area (Å²) >= 11 is 9.41. The summed E-state index contributed by atoms with van der Waals surface area (Å²) in [5, 5.41) is 12.0. The molecule has 1 aromatic heterocycles. The predicted molar refractivity (Wildman–Crippen MR) is 84.2 cm³/mol. The molecule has 1 N–H and O–H groups in total. The van der Waals surface area contributed by atoms with Gasteiger partial charge in [-0.05, 0) is 43.3 Å². The average molecular weight is 352 g/mol. The zero-order valence-electron chi connectivity index (χ0n) is 10.7. The van der Waals surface area contributed by atoms with Crippen LogP contribution in [0, 0.1) is 6.92 Å². The smallest absolute Gasteiger partial charge is 0.138 e. The van der Waals surface area contributed by atoms with Gasteiger partial charge in [0.15, 0.2) is 0 Å². The second-order valence-corrected chi connectivity index (χ2v) is 6.05. The van der Waals surface area contributed by atoms with E-state index in [-0.39, 0.29) is 0 Å². The lowest BCUT2D eigenvalue weighted by molar-refractivity contribution is 0.191. The Hall–Kier alpha value is -1.29. The minimum atomic E-state index is -0.851. The molecule has 1 heterocycles. The second kappa shape index (κ2) is 5.24. The van der Waals surface area contributed by atoms with Gasteiger partial charge in [0.1, 0.15) is 17.4 Å². The van der Waals surface area contributed by atoms with Crippen molar-refractivity contribution in [2.24, 2.45) is 0 Å². The van der Waals surface area contributed by atoms with E-state index in [1.807, 2.05) is 37.3 Å². The molecule has 1 unspecified atom stereocenters. The Morgan fingerprint density at radius 3 is 2.75 bits per heavy atom. The number of furan rings is 1. The van der Waals surface area contributed by atoms with Crippen LogP contribution in [-0.4, -0.2) is 5.11 Å². The first-order chi connectivity index (χ1) is 9.54. The van der Waals surface area contributed by atoms with Crippen molar-refractivity contribution in [1.82, 2.24) is 0 Å². The molecule has 0 spiro atoms. The SMILES string of the molecule is Cc1ccc2oc(C(O)c3cc(Cl)ccc3Br)cc2c1. The average Bonchev–Trinajstić information content (AvgIpc) is 2.83. The van der Waals surface area contributed by atoms with Gasteiger partial charge in [-0.25, -0.2) is 0 Å². The zero-order valence-corrected chi connectivity index (χ0v) is 13.1. The van der Waals surface area contributed by atoms with Crippen molar-refractivity contribution in [3.8, 4) is 0 Å². The maximum absolute atomic E-state index is 10.5. The summed E-state index contributed by atoms with van der Waals surface area (Å²) in [5.74, 6) is 0.508. The third-order valence-electron chi connectivity index (χ3n) is 3.21. The van der Waals surface area contributed by atoms with Gasteiger partial charge in [-0.2, -0.15) is 0 Å². The van der Waals surface area contributed by atoms with Crippen molar-refractivity contribution in [3.63, 3.8) is 0 Å². The van der Waals surface area contributed by atoms with Gasteiger partial charge in [0, 0.05) is 20.4 Å². The molecule has 102 valence electrons. The van der Waals surface area contributed by atoms with E-state index in [1.54, 1.807) is 12.1 Å². The van der Waals surface area contributed by atoms with Gasteiger partial charge in [-0.1, -0.05) is 39.2 Å². The third-order valence-corrected chi connectivity index (χ3v) is 4.17. The van der Waals surface area contributed by atoms with E-state index in [1.165, 1.54) is 0 Å². The van der Waals surface area contributed by atoms with Gasteiger partial charge >= 0.3 is 0 Å². The lowest BCUT2D eigenvalue weighted by Crippen LogP contribution is -1.99. The van der Waals surface area contributed by atoms with Gasteiger partial charge in [0.25, 0.3) is 0 Å². The van der Waals surface area contributed by atoms with Crippen molar-refractivity contribution in [1.29, 1.82) is 0 Å². The quantitative estimate of drug-likeness (QED) is 0.685. The van der Waals surface area contributed by atoms with Gasteiger partial charge in [-0.3, -0.25) is 0 Å². The van der Waals surface area contributed by atoms with E-state index in [9.17, 15) is 5.11 Å². The molecule has 0 aliphatic carbocycles. The summed E-state index contributed by atoms with van der Waals surface area (Å²) in [7, 11) is 0. The van der Waals surface area contributed by atoms with Crippen LogP contribution < -0.4 is 0 Å². The van der Waals surface area contributed by atoms with Crippen LogP contribution in [0.4, 0.5) is 0 Å². The molecule has 0 saturated carbocycles. The van der Waals surface area contributed by atoms with Crippen molar-refractivity contribution in [3.05, 3.63) is 68.8 Å². The van der Waals surface area contributed by atoms with Crippen LogP contribution >= 0.6 is 27.5 Å². The van der Waals surface area contributed by atoms with Crippen molar-refractivity contribution < 1.29 is 9.52 Å². The molecule has 3 aromatic rings. The van der Waals surface area contributed by atoms with E-state index in [2.05, 4.69) is 15.9 Å². The number of aliphatic hydroxyl groups is 1. The third kappa shape index (κ3) is 2.49. The van der Waals surface area contributed by atoms with Gasteiger partial charge in [-0.15, -0.1) is 0 Å². The molecule has 4 heteroatoms. The molecule has 0 aliphatic rings. The van der Waals surface area contributed by atoms with Gasteiger partial charge < -0.3 is 9.52 Å². The first kappa shape index (κ1) is 13.7. The molecule has 20 heavy (non-hydrogen) atoms. The lowest BCUT2D eigenvalue weighted by atomic mass is 10.1. The van der Waals surface area contributed by atoms with Crippen LogP contribution in [0.25, 0.3) is 11.0 Å². The molecule has 0 radical (unpaired) electrons. The molecular weight excluding hydrogens is 340 g/mol. The van der Waals surface area contributed by atoms with E-state index >= 15 is 0 Å². The van der Waals surface area contributed by atoms with Crippen LogP contribution in [0.5, 0.6) is 0 Å². The molecule has 2 nitrogen and oxygen atoms in total. The highest BCUT2D eigenvalue weighted by Gasteiger charge is 2.18. The summed E-state index contributed by atoms with van der Waals surface area (Å²) in [6, 6.07) is 13.1. The fourth-order valence-corrected chi connectivity index (χ4v) is 2.84. The molecule has 1 atom stereocenters. The van der Waals surface area contributed by atoms with Crippen LogP contribution in [-0.2, 0) is 0 Å². The Balaban J connectivity index is 2.07. The maximum Gasteiger partial charge on any atom is 0.138 e. The monoisotopic (exact) mass is 350 g/mol. The Morgan fingerprint density at radius 2 is 1.95 bits per heavy atom. The second-order valence-electron chi connectivity index (χ2n) is 4.76. The van der Waals surface area contributed by atoms with Gasteiger partial charge in [0.2, 0.25) is 0 Å². The Morgan fingerprint density at radius 1 is 1.15 bits per heavy atom. The van der Waals surface area contributed by atoms with Crippen LogP contribution in [0.1, 0.15) is 23.0 Å². The zero-order chi connectivity index (χ0) is 14.3. The summed E-state index contributed by atoms with van der Waals surface area (Å²) < 4.78 is 6.52. The number of fused-ring (bicyclic) bond motifs is 1. The molecule has 0 bridgehead atoms. The summed E-state index contributed by atoms with van der Waals surface area (Å²) in [4.78, 5) is 0. The number of hydrogen-bond donors (Lipinski definition) is 1. The first-order valence-electron chi connectivity index (χ1n) is 6.18. The normalized spacial score (nSPS) is 12.8. The Kier molecular flexibility index (Phi) is 3.59. The van der Waals surface area contributed by atoms with Crippen molar-refractivity contribution in [2.45, 2.75) is 13.0 Å². The molecule has 0 fully saturated rings. The summed E-state index contributed by atoms with van der Waals surface area (Å²) in [5.41, 5.74) is 2.61. The highest BCUT2D eigenvalue weighted by atomic mass is 79.9. The number of aryl methyl sites for hydroxylation is 1. The van der Waals surface area contributed by atoms with Crippen LogP contribution in [0.15, 0.2) is 51.4 Å². The fraction of sp³-hybridized carbons (Fsp3) is 0.125. The van der Waals surface area contributed by atoms with Gasteiger partial charge in [0.05, 0.1) is 0 Å². The largest absolute Gasteiger partial charge is 0.458 e. The summed E-state index contributed by atoms with van der Waals surface area (Å²) in [6.45, 7) is 2.02. The standard InChI is InChI=1S/C16H12BrClO2/c1-9-2-5-14-10(6-9)7-15(20-14)16(19)12-8-11(18)3-4-13(12)17/h2-8,16,19H,1H3. The van der Waals surface area contributed by atoms with Crippen LogP contribution in [0.3, 0.4) is 0 Å². The first-order valence-corrected chi connectivity index (χ1v) is 7.35. The fourth-order valence-electron chi connectivity index (χ4n) is 2.20. The van der Waals surface area contributed by atoms with E-state index < -0.39 is 6.10 Å². The number of benzene rings is 2. The predicted octanol–water partition coefficient (Wildman–Crippen LogP) is 5.24. The molecule has 2 aromatic carbocycles. The molecule has 0 saturated heterocycles. The van der Waals surface area contributed by atoms with Crippen molar-refractivity contribution >= 4 is 38.5 Å². The van der Waals surface area contributed by atoms with Crippen LogP contribution in [0.2, 0.25) is 5.02 Å². The summed E-state index contributed by atoms with van der Waals surface area (Å²) in [6.07, 6.45) is -0.851. The minimum absolute atomic E-state index is 0.508. The molecule has 0 aliphatic heterocycles. The molecular formula is C16H12BrClO2. The molecule has 0 amide bonds. The molecule has 3 rings (SSSR count). The Labute approximate surface area is 130 Å². The highest BCUT2D eigenvalue weighted by molar-refractivity contribution is 9.10. The van der Waals surface area contributed by atoms with E-state index in [4.69, 9.17) is 16.0 Å². The van der Waals surface area contributed by atoms with E-state index in [0.29, 0.717) is 16.3 Å². The van der Waals surface area contributed by atoms with Crippen molar-refractivity contribution in [2.75, 3.05) is 0 Å². The number of hydrogen-bond acceptors (Lipinski definition) is 2. The number of rotatable bonds is 2. The number of halogens is 2. The Bertz CT molecular complexity index is 779. The minimum Gasteiger partial charge on any atom is -0.458 e. The maximum atomic E-state index is 10.5.